The first-order valence-corrected chi connectivity index (χ1v) is 5.22. The maximum absolute atomic E-state index is 11.6. The average molecular weight is 195 g/mol. The predicted molar refractivity (Wildman–Crippen MR) is 51.3 cm³/mol. The second-order valence-corrected chi connectivity index (χ2v) is 3.84. The van der Waals surface area contributed by atoms with Crippen LogP contribution in [0.15, 0.2) is 0 Å². The molecule has 1 unspecified atom stereocenters. The van der Waals surface area contributed by atoms with Gasteiger partial charge in [0.15, 0.2) is 0 Å². The molecule has 0 radical (unpaired) electrons. The topological polar surface area (TPSA) is 49.2 Å². The van der Waals surface area contributed by atoms with Gasteiger partial charge >= 0.3 is 11.9 Å². The predicted octanol–water partition coefficient (Wildman–Crippen LogP) is 0.900. The quantitative estimate of drug-likeness (QED) is 0.632. The van der Waals surface area contributed by atoms with Gasteiger partial charge in [-0.25, -0.2) is 4.79 Å². The molecule has 0 fully saturated rings. The third kappa shape index (κ3) is 1.35. The fourth-order valence-electron chi connectivity index (χ4n) is 2.33. The Morgan fingerprint density at radius 2 is 2.21 bits per heavy atom. The molecule has 2 aliphatic heterocycles. The largest absolute Gasteiger partial charge is 0.498 e. The molecule has 2 bridgehead atoms. The zero-order chi connectivity index (χ0) is 10.1. The Morgan fingerprint density at radius 1 is 1.43 bits per heavy atom. The number of carbonyl (C=O) groups is 2. The van der Waals surface area contributed by atoms with Crippen LogP contribution >= 0.6 is 0 Å². The molecule has 0 aromatic carbocycles. The van der Waals surface area contributed by atoms with Gasteiger partial charge < -0.3 is 0 Å². The molecular weight excluding hydrogens is 180 g/mol. The molecular formula is C10H15N2O2+. The van der Waals surface area contributed by atoms with Gasteiger partial charge in [-0.3, -0.25) is 0 Å². The summed E-state index contributed by atoms with van der Waals surface area (Å²) in [5.74, 6) is -0.162. The number of imide groups is 1. The van der Waals surface area contributed by atoms with Crippen molar-refractivity contribution in [2.45, 2.75) is 32.6 Å². The van der Waals surface area contributed by atoms with Gasteiger partial charge in [0, 0.05) is 6.42 Å². The molecule has 76 valence electrons. The van der Waals surface area contributed by atoms with Gasteiger partial charge in [0.05, 0.1) is 12.3 Å². The monoisotopic (exact) mass is 195 g/mol. The molecule has 0 saturated heterocycles. The maximum Gasteiger partial charge on any atom is 0.498 e. The molecule has 3 amide bonds. The number of nitrogens with one attached hydrogen (secondary N) is 1. The van der Waals surface area contributed by atoms with E-state index in [-0.39, 0.29) is 17.9 Å². The summed E-state index contributed by atoms with van der Waals surface area (Å²) in [5.41, 5.74) is 1.01. The molecule has 1 atom stereocenters. The van der Waals surface area contributed by atoms with Crippen molar-refractivity contribution >= 4 is 17.6 Å². The first kappa shape index (κ1) is 9.37. The van der Waals surface area contributed by atoms with Crippen molar-refractivity contribution in [3.8, 4) is 0 Å². The van der Waals surface area contributed by atoms with Crippen LogP contribution in [0, 0.1) is 5.92 Å². The van der Waals surface area contributed by atoms with E-state index >= 15 is 0 Å². The summed E-state index contributed by atoms with van der Waals surface area (Å²) < 4.78 is 1.75. The third-order valence-corrected chi connectivity index (χ3v) is 3.03. The van der Waals surface area contributed by atoms with Crippen LogP contribution in [-0.4, -0.2) is 28.8 Å². The molecule has 4 heteroatoms. The third-order valence-electron chi connectivity index (χ3n) is 3.03. The van der Waals surface area contributed by atoms with Crippen LogP contribution in [0.2, 0.25) is 0 Å². The summed E-state index contributed by atoms with van der Waals surface area (Å²) in [5, 5.41) is 2.41. The molecule has 0 aromatic heterocycles. The standard InChI is InChI=1S/C10H14N2O2/c1-2-8-7-5-3-4-6-12(8)10(14)11-9(7)13/h7H,2-6H2,1H3/p+1. The van der Waals surface area contributed by atoms with Crippen molar-refractivity contribution in [1.29, 1.82) is 0 Å². The summed E-state index contributed by atoms with van der Waals surface area (Å²) in [6.45, 7) is 2.77. The number of carbonyl (C=O) groups excluding carboxylic acids is 2. The van der Waals surface area contributed by atoms with Crippen molar-refractivity contribution < 1.29 is 14.2 Å². The van der Waals surface area contributed by atoms with E-state index < -0.39 is 0 Å². The molecule has 2 heterocycles. The molecule has 14 heavy (non-hydrogen) atoms. The zero-order valence-corrected chi connectivity index (χ0v) is 8.38. The summed E-state index contributed by atoms with van der Waals surface area (Å²) in [7, 11) is 0. The van der Waals surface area contributed by atoms with Crippen molar-refractivity contribution in [2.75, 3.05) is 6.54 Å². The Morgan fingerprint density at radius 3 is 2.93 bits per heavy atom. The number of fused-ring (bicyclic) bond motifs is 1. The number of rotatable bonds is 1. The lowest BCUT2D eigenvalue weighted by molar-refractivity contribution is -0.432. The van der Waals surface area contributed by atoms with Gasteiger partial charge in [-0.2, -0.15) is 14.7 Å². The lowest BCUT2D eigenvalue weighted by Crippen LogP contribution is -2.51. The van der Waals surface area contributed by atoms with Gasteiger partial charge in [0.2, 0.25) is 0 Å². The van der Waals surface area contributed by atoms with E-state index in [1.54, 1.807) is 4.58 Å². The highest BCUT2D eigenvalue weighted by Crippen LogP contribution is 2.20. The van der Waals surface area contributed by atoms with E-state index in [1.165, 1.54) is 0 Å². The summed E-state index contributed by atoms with van der Waals surface area (Å²) >= 11 is 0. The summed E-state index contributed by atoms with van der Waals surface area (Å²) in [6.07, 6.45) is 3.72. The van der Waals surface area contributed by atoms with E-state index in [0.29, 0.717) is 0 Å². The Balaban J connectivity index is 2.44. The molecule has 1 N–H and O–H groups in total. The lowest BCUT2D eigenvalue weighted by atomic mass is 9.94. The smallest absolute Gasteiger partial charge is 0.246 e. The molecule has 4 nitrogen and oxygen atoms in total. The number of hydrogen-bond donors (Lipinski definition) is 1. The highest BCUT2D eigenvalue weighted by molar-refractivity contribution is 6.10. The second kappa shape index (κ2) is 3.52. The van der Waals surface area contributed by atoms with Gasteiger partial charge in [-0.1, -0.05) is 6.92 Å². The van der Waals surface area contributed by atoms with Gasteiger partial charge in [0.1, 0.15) is 5.92 Å². The fourth-order valence-corrected chi connectivity index (χ4v) is 2.33. The van der Waals surface area contributed by atoms with E-state index in [2.05, 4.69) is 5.32 Å². The Labute approximate surface area is 83.0 Å². The summed E-state index contributed by atoms with van der Waals surface area (Å²) in [6, 6.07) is -0.231. The number of hydrogen-bond acceptors (Lipinski definition) is 2. The SMILES string of the molecule is CCC1=[N+]2CCCCC1C(=O)NC2=O. The Kier molecular flexibility index (Phi) is 2.35. The average Bonchev–Trinajstić information content (AvgIpc) is 2.34. The van der Waals surface area contributed by atoms with Crippen LogP contribution in [0.1, 0.15) is 32.6 Å². The number of urea groups is 1. The van der Waals surface area contributed by atoms with Crippen molar-refractivity contribution in [3.63, 3.8) is 0 Å². The van der Waals surface area contributed by atoms with E-state index in [4.69, 9.17) is 0 Å². The van der Waals surface area contributed by atoms with Crippen LogP contribution in [-0.2, 0) is 4.79 Å². The number of nitrogens with zero attached hydrogens (tertiary/aromatic N) is 1. The van der Waals surface area contributed by atoms with E-state index in [9.17, 15) is 9.59 Å². The minimum atomic E-state index is -0.231. The highest BCUT2D eigenvalue weighted by Gasteiger charge is 2.41. The van der Waals surface area contributed by atoms with Gasteiger partial charge in [-0.05, 0) is 19.3 Å². The first-order chi connectivity index (χ1) is 6.74. The second-order valence-electron chi connectivity index (χ2n) is 3.84. The molecule has 0 aliphatic carbocycles. The number of amides is 3. The normalized spacial score (nSPS) is 27.4. The summed E-state index contributed by atoms with van der Waals surface area (Å²) in [4.78, 5) is 23.1. The maximum atomic E-state index is 11.6. The van der Waals surface area contributed by atoms with Crippen molar-refractivity contribution in [1.82, 2.24) is 5.32 Å². The lowest BCUT2D eigenvalue weighted by Gasteiger charge is -2.18. The minimum Gasteiger partial charge on any atom is -0.246 e. The van der Waals surface area contributed by atoms with Crippen molar-refractivity contribution in [3.05, 3.63) is 0 Å². The zero-order valence-electron chi connectivity index (χ0n) is 8.38. The minimum absolute atomic E-state index is 0.0554. The first-order valence-electron chi connectivity index (χ1n) is 5.22. The highest BCUT2D eigenvalue weighted by atomic mass is 16.2. The van der Waals surface area contributed by atoms with Crippen LogP contribution < -0.4 is 5.32 Å². The molecule has 0 spiro atoms. The molecule has 0 aromatic rings. The van der Waals surface area contributed by atoms with Gasteiger partial charge in [-0.15, -0.1) is 0 Å². The van der Waals surface area contributed by atoms with Gasteiger partial charge in [0.25, 0.3) is 0 Å². The molecule has 2 aliphatic rings. The van der Waals surface area contributed by atoms with Crippen LogP contribution in [0.3, 0.4) is 0 Å². The van der Waals surface area contributed by atoms with E-state index in [1.807, 2.05) is 6.92 Å². The molecule has 2 rings (SSSR count). The van der Waals surface area contributed by atoms with Crippen LogP contribution in [0.5, 0.6) is 0 Å². The van der Waals surface area contributed by atoms with Crippen LogP contribution in [0.25, 0.3) is 0 Å². The van der Waals surface area contributed by atoms with Crippen molar-refractivity contribution in [2.24, 2.45) is 5.92 Å². The van der Waals surface area contributed by atoms with Crippen LogP contribution in [0.4, 0.5) is 4.79 Å². The molecule has 0 saturated carbocycles. The fraction of sp³-hybridized carbons (Fsp3) is 0.700. The Bertz CT molecular complexity index is 320. The van der Waals surface area contributed by atoms with E-state index in [0.717, 1.165) is 37.9 Å². The Hall–Kier alpha value is -1.19.